The van der Waals surface area contributed by atoms with Crippen molar-refractivity contribution in [2.75, 3.05) is 13.1 Å². The maximum Gasteiger partial charge on any atom is 0.387 e. The molecule has 2 rings (SSSR count). The number of carbonyl (C=O) groups is 1. The molecule has 1 unspecified atom stereocenters. The predicted molar refractivity (Wildman–Crippen MR) is 109 cm³/mol. The average Bonchev–Trinajstić information content (AvgIpc) is 3.09. The zero-order chi connectivity index (χ0) is 22.5. The van der Waals surface area contributed by atoms with E-state index in [1.807, 2.05) is 0 Å². The third kappa shape index (κ3) is 5.17. The van der Waals surface area contributed by atoms with Crippen molar-refractivity contribution in [1.29, 1.82) is 0 Å². The van der Waals surface area contributed by atoms with Crippen LogP contribution in [0.2, 0.25) is 0 Å². The Hall–Kier alpha value is -2.46. The number of halogens is 2. The van der Waals surface area contributed by atoms with Crippen molar-refractivity contribution in [1.82, 2.24) is 14.2 Å². The van der Waals surface area contributed by atoms with Crippen molar-refractivity contribution in [2.24, 2.45) is 7.05 Å². The maximum atomic E-state index is 12.9. The molecule has 1 aromatic heterocycles. The van der Waals surface area contributed by atoms with Crippen molar-refractivity contribution in [3.05, 3.63) is 47.8 Å². The number of benzene rings is 1. The Morgan fingerprint density at radius 1 is 1.20 bits per heavy atom. The number of rotatable bonds is 10. The van der Waals surface area contributed by atoms with E-state index in [0.29, 0.717) is 25.1 Å². The molecule has 0 aliphatic heterocycles. The second kappa shape index (κ2) is 10.0. The largest absolute Gasteiger partial charge is 0.434 e. The summed E-state index contributed by atoms with van der Waals surface area (Å²) in [4.78, 5) is 12.9. The van der Waals surface area contributed by atoms with E-state index in [9.17, 15) is 22.0 Å². The van der Waals surface area contributed by atoms with Gasteiger partial charge in [-0.1, -0.05) is 39.0 Å². The van der Waals surface area contributed by atoms with Gasteiger partial charge < -0.3 is 14.6 Å². The lowest BCUT2D eigenvalue weighted by molar-refractivity contribution is -0.0506. The molecule has 1 aromatic carbocycles. The molecule has 10 heteroatoms. The Bertz CT molecular complexity index is 972. The number of alkyl halides is 2. The zero-order valence-electron chi connectivity index (χ0n) is 17.4. The number of carbonyl (C=O) groups excluding carboxylic acids is 1. The number of para-hydroxylation sites is 1. The fourth-order valence-electron chi connectivity index (χ4n) is 3.22. The summed E-state index contributed by atoms with van der Waals surface area (Å²) in [6.07, 6.45) is 1.81. The molecule has 0 saturated heterocycles. The highest BCUT2D eigenvalue weighted by molar-refractivity contribution is 7.89. The monoisotopic (exact) mass is 443 g/mol. The van der Waals surface area contributed by atoms with E-state index in [2.05, 4.69) is 10.1 Å². The van der Waals surface area contributed by atoms with Crippen LogP contribution >= 0.6 is 0 Å². The van der Waals surface area contributed by atoms with Gasteiger partial charge in [-0.3, -0.25) is 4.79 Å². The number of sulfonamides is 1. The number of hydrogen-bond acceptors (Lipinski definition) is 4. The summed E-state index contributed by atoms with van der Waals surface area (Å²) in [5.74, 6) is -0.534. The minimum absolute atomic E-state index is 0.0173. The number of aromatic nitrogens is 1. The zero-order valence-corrected chi connectivity index (χ0v) is 18.2. The Kier molecular flexibility index (Phi) is 7.96. The van der Waals surface area contributed by atoms with Gasteiger partial charge in [-0.15, -0.1) is 0 Å². The Morgan fingerprint density at radius 3 is 2.40 bits per heavy atom. The van der Waals surface area contributed by atoms with Crippen molar-refractivity contribution in [3.8, 4) is 5.75 Å². The van der Waals surface area contributed by atoms with Gasteiger partial charge in [0, 0.05) is 31.9 Å². The number of hydrogen-bond donors (Lipinski definition) is 1. The molecule has 1 atom stereocenters. The van der Waals surface area contributed by atoms with E-state index in [1.54, 1.807) is 46.0 Å². The van der Waals surface area contributed by atoms with Gasteiger partial charge in [-0.2, -0.15) is 13.1 Å². The molecule has 0 saturated carbocycles. The molecule has 0 radical (unpaired) electrons. The van der Waals surface area contributed by atoms with E-state index in [4.69, 9.17) is 0 Å². The van der Waals surface area contributed by atoms with Gasteiger partial charge in [0.05, 0.1) is 6.04 Å². The smallest absolute Gasteiger partial charge is 0.387 e. The van der Waals surface area contributed by atoms with E-state index < -0.39 is 28.6 Å². The van der Waals surface area contributed by atoms with Gasteiger partial charge in [0.25, 0.3) is 5.91 Å². The normalized spacial score (nSPS) is 12.9. The molecule has 1 heterocycles. The number of nitrogens with zero attached hydrogens (tertiary/aromatic N) is 2. The molecule has 30 heavy (non-hydrogen) atoms. The first-order chi connectivity index (χ1) is 14.1. The fourth-order valence-corrected chi connectivity index (χ4v) is 4.75. The summed E-state index contributed by atoms with van der Waals surface area (Å²) in [5.41, 5.74) is 0.560. The molecule has 0 aliphatic carbocycles. The van der Waals surface area contributed by atoms with Crippen LogP contribution in [0.1, 0.15) is 49.3 Å². The summed E-state index contributed by atoms with van der Waals surface area (Å²) in [6.45, 7) is 2.92. The molecule has 1 N–H and O–H groups in total. The van der Waals surface area contributed by atoms with Crippen molar-refractivity contribution < 1.29 is 26.7 Å². The van der Waals surface area contributed by atoms with Gasteiger partial charge in [0.2, 0.25) is 10.0 Å². The Balaban J connectivity index is 2.31. The van der Waals surface area contributed by atoms with E-state index in [0.717, 1.165) is 0 Å². The summed E-state index contributed by atoms with van der Waals surface area (Å²) in [5, 5.41) is 2.78. The first kappa shape index (κ1) is 23.8. The molecule has 166 valence electrons. The summed E-state index contributed by atoms with van der Waals surface area (Å²) in [7, 11) is -2.14. The SMILES string of the molecule is CCC(NC(=O)c1cc(S(=O)(=O)N(CC)CC)cn1C)c1ccccc1OC(F)F. The van der Waals surface area contributed by atoms with Crippen LogP contribution in [0.15, 0.2) is 41.4 Å². The highest BCUT2D eigenvalue weighted by atomic mass is 32.2. The molecule has 2 aromatic rings. The topological polar surface area (TPSA) is 80.6 Å². The molecular weight excluding hydrogens is 416 g/mol. The van der Waals surface area contributed by atoms with E-state index in [-0.39, 0.29) is 16.3 Å². The number of ether oxygens (including phenoxy) is 1. The van der Waals surface area contributed by atoms with Crippen LogP contribution < -0.4 is 10.1 Å². The molecule has 0 fully saturated rings. The van der Waals surface area contributed by atoms with Crippen LogP contribution in [0, 0.1) is 0 Å². The summed E-state index contributed by atoms with van der Waals surface area (Å²) in [6, 6.07) is 6.97. The Labute approximate surface area is 175 Å². The van der Waals surface area contributed by atoms with Crippen molar-refractivity contribution in [3.63, 3.8) is 0 Å². The molecule has 0 aliphatic rings. The number of amides is 1. The van der Waals surface area contributed by atoms with Crippen molar-refractivity contribution >= 4 is 15.9 Å². The third-order valence-corrected chi connectivity index (χ3v) is 6.79. The summed E-state index contributed by atoms with van der Waals surface area (Å²) < 4.78 is 58.2. The van der Waals surface area contributed by atoms with Crippen LogP contribution in [-0.2, 0) is 17.1 Å². The van der Waals surface area contributed by atoms with Gasteiger partial charge in [0.1, 0.15) is 16.3 Å². The first-order valence-corrected chi connectivity index (χ1v) is 11.1. The van der Waals surface area contributed by atoms with E-state index >= 15 is 0 Å². The lowest BCUT2D eigenvalue weighted by Crippen LogP contribution is -2.30. The molecular formula is C20H27F2N3O4S. The highest BCUT2D eigenvalue weighted by Gasteiger charge is 2.26. The van der Waals surface area contributed by atoms with Gasteiger partial charge in [-0.05, 0) is 18.6 Å². The highest BCUT2D eigenvalue weighted by Crippen LogP contribution is 2.29. The second-order valence-electron chi connectivity index (χ2n) is 6.61. The van der Waals surface area contributed by atoms with Crippen LogP contribution in [0.3, 0.4) is 0 Å². The van der Waals surface area contributed by atoms with Gasteiger partial charge in [-0.25, -0.2) is 8.42 Å². The average molecular weight is 444 g/mol. The van der Waals surface area contributed by atoms with E-state index in [1.165, 1.54) is 27.2 Å². The lowest BCUT2D eigenvalue weighted by atomic mass is 10.0. The summed E-state index contributed by atoms with van der Waals surface area (Å²) >= 11 is 0. The molecule has 0 spiro atoms. The Morgan fingerprint density at radius 2 is 1.83 bits per heavy atom. The van der Waals surface area contributed by atoms with Gasteiger partial charge >= 0.3 is 6.61 Å². The second-order valence-corrected chi connectivity index (χ2v) is 8.55. The van der Waals surface area contributed by atoms with Crippen LogP contribution in [-0.4, -0.2) is 42.9 Å². The standard InChI is InChI=1S/C20H27F2N3O4S/c1-5-16(15-10-8-9-11-18(15)29-20(21)22)23-19(26)17-12-14(13-24(17)4)30(27,28)25(6-2)7-3/h8-13,16,20H,5-7H2,1-4H3,(H,23,26). The molecule has 7 nitrogen and oxygen atoms in total. The minimum Gasteiger partial charge on any atom is -0.434 e. The quantitative estimate of drug-likeness (QED) is 0.609. The predicted octanol–water partition coefficient (Wildman–Crippen LogP) is 3.54. The first-order valence-electron chi connectivity index (χ1n) is 9.66. The number of nitrogens with one attached hydrogen (secondary N) is 1. The van der Waals surface area contributed by atoms with Crippen LogP contribution in [0.5, 0.6) is 5.75 Å². The maximum absolute atomic E-state index is 12.9. The number of aryl methyl sites for hydroxylation is 1. The molecule has 0 bridgehead atoms. The minimum atomic E-state index is -3.71. The van der Waals surface area contributed by atoms with Crippen LogP contribution in [0.25, 0.3) is 0 Å². The lowest BCUT2D eigenvalue weighted by Gasteiger charge is -2.20. The van der Waals surface area contributed by atoms with Gasteiger partial charge in [0.15, 0.2) is 0 Å². The fraction of sp³-hybridized carbons (Fsp3) is 0.450. The van der Waals surface area contributed by atoms with Crippen LogP contribution in [0.4, 0.5) is 8.78 Å². The van der Waals surface area contributed by atoms with Crippen molar-refractivity contribution in [2.45, 2.75) is 44.7 Å². The molecule has 1 amide bonds. The third-order valence-electron chi connectivity index (χ3n) is 4.78.